The van der Waals surface area contributed by atoms with Gasteiger partial charge in [-0.1, -0.05) is 5.92 Å². The van der Waals surface area contributed by atoms with Gasteiger partial charge in [0.05, 0.1) is 29.2 Å². The summed E-state index contributed by atoms with van der Waals surface area (Å²) >= 11 is 12.3. The van der Waals surface area contributed by atoms with E-state index in [1.807, 2.05) is 0 Å². The summed E-state index contributed by atoms with van der Waals surface area (Å²) in [4.78, 5) is 21.7. The molecule has 0 unspecified atom stereocenters. The van der Waals surface area contributed by atoms with Crippen LogP contribution in [0.2, 0.25) is 0 Å². The quantitative estimate of drug-likeness (QED) is 0.151. The Kier molecular flexibility index (Phi) is 7.26. The van der Waals surface area contributed by atoms with Crippen LogP contribution < -0.4 is 10.6 Å². The topological polar surface area (TPSA) is 68.8 Å². The van der Waals surface area contributed by atoms with Gasteiger partial charge in [-0.2, -0.15) is 10.1 Å². The molecule has 4 aromatic rings. The third kappa shape index (κ3) is 5.32. The number of hydrogen-bond acceptors (Lipinski definition) is 8. The average molecular weight is 553 g/mol. The van der Waals surface area contributed by atoms with Crippen molar-refractivity contribution in [3.63, 3.8) is 0 Å². The highest BCUT2D eigenvalue weighted by Gasteiger charge is 2.29. The monoisotopic (exact) mass is 552 g/mol. The second-order valence-electron chi connectivity index (χ2n) is 7.46. The van der Waals surface area contributed by atoms with Crippen molar-refractivity contribution in [1.82, 2.24) is 24.3 Å². The van der Waals surface area contributed by atoms with E-state index >= 15 is 4.39 Å². The zero-order valence-electron chi connectivity index (χ0n) is 18.3. The maximum absolute atomic E-state index is 15.1. The smallest absolute Gasteiger partial charge is 0.320 e. The van der Waals surface area contributed by atoms with Gasteiger partial charge in [0.25, 0.3) is 6.43 Å². The van der Waals surface area contributed by atoms with Crippen molar-refractivity contribution >= 4 is 60.3 Å². The second kappa shape index (κ2) is 10.1. The molecule has 0 saturated heterocycles. The summed E-state index contributed by atoms with van der Waals surface area (Å²) in [5.74, 6) is 2.44. The van der Waals surface area contributed by atoms with E-state index in [2.05, 4.69) is 64.8 Å². The summed E-state index contributed by atoms with van der Waals surface area (Å²) in [5, 5.41) is 3.47. The van der Waals surface area contributed by atoms with E-state index < -0.39 is 45.0 Å². The Morgan fingerprint density at radius 1 is 1.17 bits per heavy atom. The number of thiol groups is 3. The van der Waals surface area contributed by atoms with E-state index in [1.54, 1.807) is 17.9 Å². The van der Waals surface area contributed by atoms with Crippen LogP contribution in [-0.4, -0.2) is 37.3 Å². The van der Waals surface area contributed by atoms with Gasteiger partial charge in [-0.3, -0.25) is 9.25 Å². The molecule has 0 saturated carbocycles. The van der Waals surface area contributed by atoms with Gasteiger partial charge in [0.2, 0.25) is 0 Å². The molecular formula is C22H16F4N6OS3. The number of halogens is 4. The van der Waals surface area contributed by atoms with Gasteiger partial charge in [-0.25, -0.2) is 27.3 Å². The lowest BCUT2D eigenvalue weighted by atomic mass is 10.1. The number of alkyl halides is 2. The molecule has 0 spiro atoms. The first-order valence-electron chi connectivity index (χ1n) is 10.1. The highest BCUT2D eigenvalue weighted by Crippen LogP contribution is 2.37. The number of aryl methyl sites for hydroxylation is 1. The Morgan fingerprint density at radius 2 is 1.92 bits per heavy atom. The van der Waals surface area contributed by atoms with Crippen molar-refractivity contribution in [3.05, 3.63) is 76.2 Å². The highest BCUT2D eigenvalue weighted by molar-refractivity contribution is 8.15. The molecule has 0 radical (unpaired) electrons. The predicted molar refractivity (Wildman–Crippen MR) is 137 cm³/mol. The van der Waals surface area contributed by atoms with Crippen LogP contribution in [0, 0.1) is 23.5 Å². The minimum absolute atomic E-state index is 0.0734. The van der Waals surface area contributed by atoms with Crippen LogP contribution >= 0.6 is 37.9 Å². The van der Waals surface area contributed by atoms with E-state index in [4.69, 9.17) is 0 Å². The maximum Gasteiger partial charge on any atom is 0.352 e. The van der Waals surface area contributed by atoms with E-state index in [0.29, 0.717) is 5.56 Å². The molecule has 0 aliphatic carbocycles. The Balaban J connectivity index is 1.94. The fraction of sp³-hybridized carbons (Fsp3) is 0.182. The second-order valence-corrected chi connectivity index (χ2v) is 10.5. The lowest BCUT2D eigenvalue weighted by molar-refractivity contribution is 0.157. The van der Waals surface area contributed by atoms with Crippen molar-refractivity contribution < 1.29 is 17.6 Å². The van der Waals surface area contributed by atoms with Gasteiger partial charge in [0.15, 0.2) is 21.0 Å². The summed E-state index contributed by atoms with van der Waals surface area (Å²) in [7, 11) is 1.72. The number of fused-ring (bicyclic) bond motifs is 1. The molecule has 186 valence electrons. The van der Waals surface area contributed by atoms with Crippen molar-refractivity contribution in [2.75, 3.05) is 11.4 Å². The number of anilines is 2. The van der Waals surface area contributed by atoms with Crippen LogP contribution in [0.1, 0.15) is 11.3 Å². The standard InChI is InChI=1S/C22H16F4N6OS3/c1-30-10-12(9-28-30)2-3-13-8-14(6-7-27-13)31(11-17(24)25)20-18-16(5-4-15(23)19(18)26)32(21(33)29-20)22(34,35)36/h4-10,17,34-36H,11H2,1H3. The molecule has 36 heavy (non-hydrogen) atoms. The van der Waals surface area contributed by atoms with Crippen LogP contribution in [-0.2, 0) is 10.6 Å². The van der Waals surface area contributed by atoms with Gasteiger partial charge in [-0.15, -0.1) is 37.9 Å². The molecular weight excluding hydrogens is 536 g/mol. The van der Waals surface area contributed by atoms with Crippen LogP contribution in [0.25, 0.3) is 10.9 Å². The van der Waals surface area contributed by atoms with Crippen LogP contribution in [0.15, 0.2) is 47.7 Å². The summed E-state index contributed by atoms with van der Waals surface area (Å²) in [6.07, 6.45) is 1.58. The third-order valence-electron chi connectivity index (χ3n) is 4.90. The van der Waals surface area contributed by atoms with E-state index in [0.717, 1.165) is 21.6 Å². The van der Waals surface area contributed by atoms with Crippen molar-refractivity contribution in [2.24, 2.45) is 7.05 Å². The highest BCUT2D eigenvalue weighted by atomic mass is 32.2. The number of rotatable bonds is 5. The molecule has 0 fully saturated rings. The zero-order valence-corrected chi connectivity index (χ0v) is 21.0. The summed E-state index contributed by atoms with van der Waals surface area (Å²) < 4.78 is 57.3. The first-order valence-corrected chi connectivity index (χ1v) is 11.4. The fourth-order valence-corrected chi connectivity index (χ4v) is 4.03. The first-order chi connectivity index (χ1) is 17.0. The molecule has 0 aliphatic rings. The molecule has 0 bridgehead atoms. The predicted octanol–water partition coefficient (Wildman–Crippen LogP) is 3.96. The number of nitrogens with zero attached hydrogens (tertiary/aromatic N) is 6. The molecule has 4 rings (SSSR count). The fourth-order valence-electron chi connectivity index (χ4n) is 3.45. The Bertz CT molecular complexity index is 1570. The summed E-state index contributed by atoms with van der Waals surface area (Å²) in [6, 6.07) is 4.60. The first kappa shape index (κ1) is 25.9. The molecule has 0 aliphatic heterocycles. The van der Waals surface area contributed by atoms with Crippen molar-refractivity contribution in [2.45, 2.75) is 9.96 Å². The normalized spacial score (nSPS) is 11.6. The summed E-state index contributed by atoms with van der Waals surface area (Å²) in [6.45, 7) is -0.991. The SMILES string of the molecule is Cn1cc(C#Cc2cc(N(CC(F)F)c3nc(=O)n(C(S)(S)S)c4ccc(F)c(F)c34)ccn2)cn1. The number of aromatic nitrogens is 5. The van der Waals surface area contributed by atoms with Gasteiger partial charge in [0.1, 0.15) is 5.69 Å². The lowest BCUT2D eigenvalue weighted by Crippen LogP contribution is -2.35. The van der Waals surface area contributed by atoms with Gasteiger partial charge in [0, 0.05) is 25.1 Å². The zero-order chi connectivity index (χ0) is 26.2. The van der Waals surface area contributed by atoms with Crippen LogP contribution in [0.3, 0.4) is 0 Å². The largest absolute Gasteiger partial charge is 0.352 e. The number of hydrogen-bond donors (Lipinski definition) is 3. The van der Waals surface area contributed by atoms with Gasteiger partial charge >= 0.3 is 5.69 Å². The average Bonchev–Trinajstić information content (AvgIpc) is 3.22. The number of pyridine rings is 1. The molecule has 0 amide bonds. The molecule has 1 aromatic carbocycles. The Morgan fingerprint density at radius 3 is 2.56 bits per heavy atom. The molecule has 0 atom stereocenters. The summed E-state index contributed by atoms with van der Waals surface area (Å²) in [5.41, 5.74) is -0.358. The number of benzene rings is 1. The lowest BCUT2D eigenvalue weighted by Gasteiger charge is -2.27. The van der Waals surface area contributed by atoms with Crippen LogP contribution in [0.5, 0.6) is 0 Å². The molecule has 0 N–H and O–H groups in total. The van der Waals surface area contributed by atoms with Crippen molar-refractivity contribution in [1.29, 1.82) is 0 Å². The molecule has 3 aromatic heterocycles. The van der Waals surface area contributed by atoms with Gasteiger partial charge in [-0.05, 0) is 30.2 Å². The van der Waals surface area contributed by atoms with Crippen LogP contribution in [0.4, 0.5) is 29.1 Å². The third-order valence-corrected chi connectivity index (χ3v) is 5.50. The maximum atomic E-state index is 15.1. The van der Waals surface area contributed by atoms with Crippen molar-refractivity contribution in [3.8, 4) is 11.8 Å². The molecule has 3 heterocycles. The Labute approximate surface area is 218 Å². The van der Waals surface area contributed by atoms with Gasteiger partial charge < -0.3 is 4.90 Å². The van der Waals surface area contributed by atoms with E-state index in [1.165, 1.54) is 24.5 Å². The minimum atomic E-state index is -2.93. The Hall–Kier alpha value is -3.15. The minimum Gasteiger partial charge on any atom is -0.320 e. The van der Waals surface area contributed by atoms with E-state index in [-0.39, 0.29) is 16.9 Å². The molecule has 7 nitrogen and oxygen atoms in total. The molecule has 14 heteroatoms. The van der Waals surface area contributed by atoms with E-state index in [9.17, 15) is 18.0 Å².